The highest BCUT2D eigenvalue weighted by Crippen LogP contribution is 2.30. The van der Waals surface area contributed by atoms with Crippen LogP contribution in [0, 0.1) is 5.92 Å². The maximum atomic E-state index is 11.8. The summed E-state index contributed by atoms with van der Waals surface area (Å²) < 4.78 is 29.3. The number of hydrazone groups is 1. The fraction of sp³-hybridized carbons (Fsp3) is 0.259. The van der Waals surface area contributed by atoms with Crippen molar-refractivity contribution in [3.05, 3.63) is 100 Å². The molecule has 1 aliphatic rings. The average Bonchev–Trinajstić information content (AvgIpc) is 3.34. The van der Waals surface area contributed by atoms with Crippen LogP contribution in [0.5, 0.6) is 0 Å². The van der Waals surface area contributed by atoms with Crippen LogP contribution in [0.25, 0.3) is 0 Å². The maximum absolute atomic E-state index is 11.8. The van der Waals surface area contributed by atoms with Crippen LogP contribution in [0.3, 0.4) is 0 Å². The first-order valence-corrected chi connectivity index (χ1v) is 15.4. The number of nitrogens with zero attached hydrogens (tertiary/aromatic N) is 3. The molecule has 0 bridgehead atoms. The zero-order chi connectivity index (χ0) is 28.0. The Morgan fingerprint density at radius 2 is 1.67 bits per heavy atom. The molecule has 12 heteroatoms. The Kier molecular flexibility index (Phi) is 9.92. The molecule has 2 unspecified atom stereocenters. The average molecular weight is 606 g/mol. The second kappa shape index (κ2) is 13.2. The number of guanidine groups is 1. The lowest BCUT2D eigenvalue weighted by Crippen LogP contribution is -2.45. The van der Waals surface area contributed by atoms with Gasteiger partial charge in [0.05, 0.1) is 18.8 Å². The summed E-state index contributed by atoms with van der Waals surface area (Å²) in [5.74, 6) is 0.422. The van der Waals surface area contributed by atoms with E-state index in [1.807, 2.05) is 85.6 Å². The van der Waals surface area contributed by atoms with Crippen LogP contribution in [0.2, 0.25) is 10.0 Å². The molecule has 206 valence electrons. The quantitative estimate of drug-likeness (QED) is 0.175. The Balaban J connectivity index is 1.68. The van der Waals surface area contributed by atoms with E-state index in [9.17, 15) is 8.42 Å². The molecule has 0 saturated heterocycles. The van der Waals surface area contributed by atoms with Crippen molar-refractivity contribution in [1.29, 1.82) is 0 Å². The van der Waals surface area contributed by atoms with Gasteiger partial charge < -0.3 is 0 Å². The van der Waals surface area contributed by atoms with E-state index >= 15 is 0 Å². The number of rotatable bonds is 9. The highest BCUT2D eigenvalue weighted by Gasteiger charge is 2.32. The minimum absolute atomic E-state index is 0.0247. The molecule has 0 aromatic heterocycles. The van der Waals surface area contributed by atoms with Crippen LogP contribution in [0.15, 0.2) is 93.9 Å². The Bertz CT molecular complexity index is 1420. The number of nitrogens with one attached hydrogen (secondary N) is 2. The Morgan fingerprint density at radius 1 is 1.05 bits per heavy atom. The molecular weight excluding hydrogens is 575 g/mol. The molecule has 0 radical (unpaired) electrons. The number of aliphatic imine (C=N–C) groups is 1. The fourth-order valence-corrected chi connectivity index (χ4v) is 5.69. The van der Waals surface area contributed by atoms with Gasteiger partial charge in [0.25, 0.3) is 10.2 Å². The van der Waals surface area contributed by atoms with Crippen LogP contribution in [0.4, 0.5) is 0 Å². The van der Waals surface area contributed by atoms with Gasteiger partial charge in [0.15, 0.2) is 0 Å². The van der Waals surface area contributed by atoms with Crippen molar-refractivity contribution < 1.29 is 8.42 Å². The summed E-state index contributed by atoms with van der Waals surface area (Å²) in [6.45, 7) is 4.51. The molecule has 2 atom stereocenters. The standard InChI is InChI=1S/C27H30Cl2N6O2S2/c1-18(2)25(34-39(30,36)37)16-31-27(33-38-23-14-12-22(29)13-15-23)35-17-24(19-6-4-3-5-7-19)26(32-35)20-8-10-21(28)11-9-20/h3-15,18,24-25,34H,16-17H2,1-2H3,(H,31,33)(H2,30,36,37). The summed E-state index contributed by atoms with van der Waals surface area (Å²) in [7, 11) is -3.90. The molecule has 4 N–H and O–H groups in total. The van der Waals surface area contributed by atoms with Gasteiger partial charge in [0.1, 0.15) is 0 Å². The molecule has 39 heavy (non-hydrogen) atoms. The summed E-state index contributed by atoms with van der Waals surface area (Å²) >= 11 is 13.6. The molecule has 1 aliphatic heterocycles. The second-order valence-electron chi connectivity index (χ2n) is 9.37. The molecule has 3 aromatic rings. The molecule has 8 nitrogen and oxygen atoms in total. The SMILES string of the molecule is CC(C)C(CN=C(NSc1ccc(Cl)cc1)N1CC(c2ccccc2)C(c2ccc(Cl)cc2)=N1)NS(N)(=O)=O. The van der Waals surface area contributed by atoms with Crippen LogP contribution in [-0.4, -0.2) is 44.2 Å². The molecule has 0 spiro atoms. The Hall–Kier alpha value is -2.60. The van der Waals surface area contributed by atoms with Crippen LogP contribution in [-0.2, 0) is 10.2 Å². The number of benzene rings is 3. The monoisotopic (exact) mass is 604 g/mol. The number of hydrogen-bond acceptors (Lipinski definition) is 5. The van der Waals surface area contributed by atoms with Gasteiger partial charge in [-0.05, 0) is 65.4 Å². The molecule has 0 aliphatic carbocycles. The van der Waals surface area contributed by atoms with Gasteiger partial charge in [-0.25, -0.2) is 15.1 Å². The predicted octanol–water partition coefficient (Wildman–Crippen LogP) is 5.27. The van der Waals surface area contributed by atoms with Crippen molar-refractivity contribution in [3.8, 4) is 0 Å². The van der Waals surface area contributed by atoms with Crippen molar-refractivity contribution in [2.45, 2.75) is 30.7 Å². The molecule has 4 rings (SSSR count). The molecular formula is C27H30Cl2N6O2S2. The normalized spacial score (nSPS) is 16.9. The zero-order valence-electron chi connectivity index (χ0n) is 21.5. The summed E-state index contributed by atoms with van der Waals surface area (Å²) in [6, 6.07) is 24.7. The van der Waals surface area contributed by atoms with E-state index in [4.69, 9.17) is 38.4 Å². The third-order valence-electron chi connectivity index (χ3n) is 6.13. The topological polar surface area (TPSA) is 112 Å². The lowest BCUT2D eigenvalue weighted by molar-refractivity contribution is 0.440. The van der Waals surface area contributed by atoms with E-state index < -0.39 is 16.3 Å². The van der Waals surface area contributed by atoms with Crippen molar-refractivity contribution in [1.82, 2.24) is 14.5 Å². The molecule has 1 heterocycles. The number of halogens is 2. The van der Waals surface area contributed by atoms with Gasteiger partial charge >= 0.3 is 0 Å². The predicted molar refractivity (Wildman–Crippen MR) is 161 cm³/mol. The van der Waals surface area contributed by atoms with Crippen molar-refractivity contribution in [2.75, 3.05) is 13.1 Å². The summed E-state index contributed by atoms with van der Waals surface area (Å²) in [5, 5.41) is 13.4. The summed E-state index contributed by atoms with van der Waals surface area (Å²) in [4.78, 5) is 5.72. The molecule has 0 amide bonds. The van der Waals surface area contributed by atoms with Crippen molar-refractivity contribution >= 4 is 57.0 Å². The van der Waals surface area contributed by atoms with Crippen molar-refractivity contribution in [3.63, 3.8) is 0 Å². The van der Waals surface area contributed by atoms with E-state index in [-0.39, 0.29) is 18.4 Å². The van der Waals surface area contributed by atoms with E-state index in [0.717, 1.165) is 21.7 Å². The third kappa shape index (κ3) is 8.44. The van der Waals surface area contributed by atoms with Crippen LogP contribution < -0.4 is 14.6 Å². The first-order chi connectivity index (χ1) is 18.6. The third-order valence-corrected chi connectivity index (χ3v) is 8.06. The Morgan fingerprint density at radius 3 is 2.26 bits per heavy atom. The first kappa shape index (κ1) is 29.4. The first-order valence-electron chi connectivity index (χ1n) is 12.3. The zero-order valence-corrected chi connectivity index (χ0v) is 24.6. The smallest absolute Gasteiger partial charge is 0.274 e. The van der Waals surface area contributed by atoms with E-state index in [1.54, 1.807) is 0 Å². The molecule has 0 fully saturated rings. The van der Waals surface area contributed by atoms with Gasteiger partial charge in [0, 0.05) is 26.9 Å². The van der Waals surface area contributed by atoms with Gasteiger partial charge in [0.2, 0.25) is 5.96 Å². The fourth-order valence-electron chi connectivity index (χ4n) is 4.02. The van der Waals surface area contributed by atoms with Crippen molar-refractivity contribution in [2.24, 2.45) is 21.2 Å². The maximum Gasteiger partial charge on any atom is 0.274 e. The number of hydrogen-bond donors (Lipinski definition) is 3. The largest absolute Gasteiger partial charge is 0.295 e. The van der Waals surface area contributed by atoms with Gasteiger partial charge in [-0.15, -0.1) is 0 Å². The minimum Gasteiger partial charge on any atom is -0.295 e. The van der Waals surface area contributed by atoms with Gasteiger partial charge in [-0.1, -0.05) is 79.5 Å². The van der Waals surface area contributed by atoms with Gasteiger partial charge in [-0.3, -0.25) is 4.72 Å². The lowest BCUT2D eigenvalue weighted by atomic mass is 9.91. The summed E-state index contributed by atoms with van der Waals surface area (Å²) in [6.07, 6.45) is 0. The van der Waals surface area contributed by atoms with E-state index in [2.05, 4.69) is 21.6 Å². The highest BCUT2D eigenvalue weighted by molar-refractivity contribution is 7.98. The Labute approximate surface area is 244 Å². The second-order valence-corrected chi connectivity index (χ2v) is 12.5. The minimum atomic E-state index is -3.90. The summed E-state index contributed by atoms with van der Waals surface area (Å²) in [5.41, 5.74) is 2.96. The van der Waals surface area contributed by atoms with Crippen LogP contribution in [0.1, 0.15) is 30.9 Å². The van der Waals surface area contributed by atoms with Gasteiger partial charge in [-0.2, -0.15) is 18.2 Å². The molecule has 0 saturated carbocycles. The molecule has 3 aromatic carbocycles. The highest BCUT2D eigenvalue weighted by atomic mass is 35.5. The van der Waals surface area contributed by atoms with E-state index in [0.29, 0.717) is 22.5 Å². The number of nitrogens with two attached hydrogens (primary N) is 1. The van der Waals surface area contributed by atoms with Crippen LogP contribution >= 0.6 is 35.1 Å². The lowest BCUT2D eigenvalue weighted by Gasteiger charge is -2.22. The van der Waals surface area contributed by atoms with E-state index in [1.165, 1.54) is 11.9 Å².